The molecule has 110 valence electrons. The van der Waals surface area contributed by atoms with Crippen LogP contribution in [0.2, 0.25) is 0 Å². The van der Waals surface area contributed by atoms with Gasteiger partial charge in [-0.05, 0) is 41.9 Å². The lowest BCUT2D eigenvalue weighted by Gasteiger charge is -2.28. The molecule has 2 heterocycles. The fourth-order valence-corrected chi connectivity index (χ4v) is 3.09. The lowest BCUT2D eigenvalue weighted by molar-refractivity contribution is -0.384. The topological polar surface area (TPSA) is 62.5 Å². The van der Waals surface area contributed by atoms with E-state index in [4.69, 9.17) is 0 Å². The van der Waals surface area contributed by atoms with Crippen molar-refractivity contribution in [1.82, 2.24) is 9.88 Å². The number of aromatic nitrogens is 1. The molecule has 1 aromatic heterocycles. The molecule has 2 rings (SSSR count). The van der Waals surface area contributed by atoms with E-state index in [0.29, 0.717) is 16.3 Å². The van der Waals surface area contributed by atoms with Crippen LogP contribution in [-0.2, 0) is 0 Å². The zero-order valence-electron chi connectivity index (χ0n) is 11.8. The molecule has 1 saturated heterocycles. The third kappa shape index (κ3) is 3.27. The summed E-state index contributed by atoms with van der Waals surface area (Å²) < 4.78 is 0.623. The predicted octanol–water partition coefficient (Wildman–Crippen LogP) is 2.67. The van der Waals surface area contributed by atoms with Gasteiger partial charge in [0.05, 0.1) is 4.92 Å². The molecule has 0 aliphatic carbocycles. The average Bonchev–Trinajstić information content (AvgIpc) is 2.85. The summed E-state index contributed by atoms with van der Waals surface area (Å²) in [6.07, 6.45) is 3.94. The van der Waals surface area contributed by atoms with Gasteiger partial charge in [0.25, 0.3) is 0 Å². The van der Waals surface area contributed by atoms with Crippen molar-refractivity contribution >= 4 is 27.4 Å². The molecule has 7 heteroatoms. The lowest BCUT2D eigenvalue weighted by atomic mass is 10.2. The van der Waals surface area contributed by atoms with Crippen molar-refractivity contribution in [1.29, 1.82) is 0 Å². The summed E-state index contributed by atoms with van der Waals surface area (Å²) in [7, 11) is 1.87. The van der Waals surface area contributed by atoms with Crippen molar-refractivity contribution in [3.8, 4) is 0 Å². The first-order valence-electron chi connectivity index (χ1n) is 6.78. The van der Waals surface area contributed by atoms with Gasteiger partial charge in [0.2, 0.25) is 5.82 Å². The first-order valence-corrected chi connectivity index (χ1v) is 7.57. The van der Waals surface area contributed by atoms with E-state index in [9.17, 15) is 10.1 Å². The third-order valence-corrected chi connectivity index (χ3v) is 4.20. The molecule has 0 saturated carbocycles. The Balaban J connectivity index is 2.16. The van der Waals surface area contributed by atoms with Gasteiger partial charge < -0.3 is 4.90 Å². The number of hydrogen-bond acceptors (Lipinski definition) is 5. The molecule has 6 nitrogen and oxygen atoms in total. The van der Waals surface area contributed by atoms with Crippen LogP contribution in [0.15, 0.2) is 16.7 Å². The Hall–Kier alpha value is -1.21. The molecule has 0 aromatic carbocycles. The zero-order valence-corrected chi connectivity index (χ0v) is 13.3. The number of halogens is 1. The first kappa shape index (κ1) is 15.2. The second-order valence-corrected chi connectivity index (χ2v) is 5.97. The van der Waals surface area contributed by atoms with E-state index >= 15 is 0 Å². The predicted molar refractivity (Wildman–Crippen MR) is 82.1 cm³/mol. The Bertz CT molecular complexity index is 497. The molecule has 0 amide bonds. The second-order valence-electron chi connectivity index (χ2n) is 5.06. The SMILES string of the molecule is CCN1CCCC1CN(C)c1ncc(Br)cc1[N+](=O)[O-]. The monoisotopic (exact) mass is 342 g/mol. The average molecular weight is 343 g/mol. The van der Waals surface area contributed by atoms with Crippen LogP contribution in [0, 0.1) is 10.1 Å². The smallest absolute Gasteiger partial charge is 0.312 e. The molecule has 0 spiro atoms. The maximum Gasteiger partial charge on any atom is 0.312 e. The van der Waals surface area contributed by atoms with E-state index in [2.05, 4.69) is 32.7 Å². The van der Waals surface area contributed by atoms with E-state index in [1.807, 2.05) is 11.9 Å². The van der Waals surface area contributed by atoms with Gasteiger partial charge in [-0.25, -0.2) is 4.98 Å². The quantitative estimate of drug-likeness (QED) is 0.608. The van der Waals surface area contributed by atoms with Crippen molar-refractivity contribution in [3.63, 3.8) is 0 Å². The van der Waals surface area contributed by atoms with Gasteiger partial charge in [0.1, 0.15) is 0 Å². The maximum atomic E-state index is 11.1. The van der Waals surface area contributed by atoms with Gasteiger partial charge in [-0.3, -0.25) is 15.0 Å². The number of likely N-dealkylation sites (tertiary alicyclic amines) is 1. The molecule has 1 atom stereocenters. The summed E-state index contributed by atoms with van der Waals surface area (Å²) in [6, 6.07) is 1.96. The Morgan fingerprint density at radius 3 is 3.05 bits per heavy atom. The number of nitrogens with zero attached hydrogens (tertiary/aromatic N) is 4. The largest absolute Gasteiger partial charge is 0.352 e. The Kier molecular flexibility index (Phi) is 4.93. The van der Waals surface area contributed by atoms with Crippen molar-refractivity contribution in [2.75, 3.05) is 31.6 Å². The molecule has 0 N–H and O–H groups in total. The van der Waals surface area contributed by atoms with Gasteiger partial charge in [0.15, 0.2) is 0 Å². The van der Waals surface area contributed by atoms with Crippen LogP contribution < -0.4 is 4.90 Å². The molecule has 20 heavy (non-hydrogen) atoms. The first-order chi connectivity index (χ1) is 9.52. The van der Waals surface area contributed by atoms with E-state index in [1.54, 1.807) is 6.20 Å². The highest BCUT2D eigenvalue weighted by atomic mass is 79.9. The minimum atomic E-state index is -0.379. The summed E-state index contributed by atoms with van der Waals surface area (Å²) in [5.74, 6) is 0.432. The molecule has 1 fully saturated rings. The van der Waals surface area contributed by atoms with Gasteiger partial charge in [-0.15, -0.1) is 0 Å². The molecule has 1 aliphatic rings. The highest BCUT2D eigenvalue weighted by Gasteiger charge is 2.27. The number of nitro groups is 1. The number of rotatable bonds is 5. The summed E-state index contributed by atoms with van der Waals surface area (Å²) in [5.41, 5.74) is 0.0444. The third-order valence-electron chi connectivity index (χ3n) is 3.76. The van der Waals surface area contributed by atoms with Crippen molar-refractivity contribution in [2.24, 2.45) is 0 Å². The van der Waals surface area contributed by atoms with Crippen LogP contribution in [0.1, 0.15) is 19.8 Å². The summed E-state index contributed by atoms with van der Waals surface area (Å²) >= 11 is 3.23. The van der Waals surface area contributed by atoms with Crippen molar-refractivity contribution in [3.05, 3.63) is 26.9 Å². The number of hydrogen-bond donors (Lipinski definition) is 0. The molecule has 0 radical (unpaired) electrons. The van der Waals surface area contributed by atoms with Gasteiger partial charge in [0, 0.05) is 36.4 Å². The lowest BCUT2D eigenvalue weighted by Crippen LogP contribution is -2.39. The van der Waals surface area contributed by atoms with Crippen LogP contribution in [0.25, 0.3) is 0 Å². The van der Waals surface area contributed by atoms with Crippen LogP contribution in [0.5, 0.6) is 0 Å². The van der Waals surface area contributed by atoms with Gasteiger partial charge in [-0.1, -0.05) is 6.92 Å². The molecular weight excluding hydrogens is 324 g/mol. The van der Waals surface area contributed by atoms with E-state index in [-0.39, 0.29) is 10.6 Å². The number of likely N-dealkylation sites (N-methyl/N-ethyl adjacent to an activating group) is 2. The highest BCUT2D eigenvalue weighted by Crippen LogP contribution is 2.29. The number of pyridine rings is 1. The minimum absolute atomic E-state index is 0.0444. The highest BCUT2D eigenvalue weighted by molar-refractivity contribution is 9.10. The van der Waals surface area contributed by atoms with Crippen molar-refractivity contribution < 1.29 is 4.92 Å². The minimum Gasteiger partial charge on any atom is -0.352 e. The molecule has 1 aromatic rings. The van der Waals surface area contributed by atoms with Crippen molar-refractivity contribution in [2.45, 2.75) is 25.8 Å². The van der Waals surface area contributed by atoms with Gasteiger partial charge >= 0.3 is 5.69 Å². The fourth-order valence-electron chi connectivity index (χ4n) is 2.77. The Morgan fingerprint density at radius 1 is 1.65 bits per heavy atom. The Morgan fingerprint density at radius 2 is 2.40 bits per heavy atom. The van der Waals surface area contributed by atoms with E-state index in [0.717, 1.165) is 26.1 Å². The number of anilines is 1. The molecule has 1 aliphatic heterocycles. The van der Waals surface area contributed by atoms with E-state index < -0.39 is 0 Å². The normalized spacial score (nSPS) is 19.2. The van der Waals surface area contributed by atoms with Crippen LogP contribution in [-0.4, -0.2) is 47.5 Å². The standard InChI is InChI=1S/C13H19BrN4O2/c1-3-17-6-4-5-11(17)9-16(2)13-12(18(19)20)7-10(14)8-15-13/h7-8,11H,3-6,9H2,1-2H3. The molecular formula is C13H19BrN4O2. The summed E-state index contributed by atoms with van der Waals surface area (Å²) in [5, 5.41) is 11.1. The van der Waals surface area contributed by atoms with Gasteiger partial charge in [-0.2, -0.15) is 0 Å². The maximum absolute atomic E-state index is 11.1. The summed E-state index contributed by atoms with van der Waals surface area (Å²) in [4.78, 5) is 19.3. The second kappa shape index (κ2) is 6.49. The van der Waals surface area contributed by atoms with Crippen LogP contribution >= 0.6 is 15.9 Å². The van der Waals surface area contributed by atoms with E-state index in [1.165, 1.54) is 12.5 Å². The molecule has 1 unspecified atom stereocenters. The summed E-state index contributed by atoms with van der Waals surface area (Å²) in [6.45, 7) is 5.06. The zero-order chi connectivity index (χ0) is 14.7. The molecule has 0 bridgehead atoms. The van der Waals surface area contributed by atoms with Crippen LogP contribution in [0.4, 0.5) is 11.5 Å². The Labute approximate surface area is 127 Å². The fraction of sp³-hybridized carbons (Fsp3) is 0.615. The van der Waals surface area contributed by atoms with Crippen LogP contribution in [0.3, 0.4) is 0 Å².